The van der Waals surface area contributed by atoms with Crippen LogP contribution in [0.5, 0.6) is 0 Å². The number of hydrogen-bond acceptors (Lipinski definition) is 3. The van der Waals surface area contributed by atoms with Crippen LogP contribution in [0.3, 0.4) is 0 Å². The molecule has 2 aromatic heterocycles. The molecule has 25 heavy (non-hydrogen) atoms. The molecule has 3 rings (SSSR count). The maximum absolute atomic E-state index is 11.1. The van der Waals surface area contributed by atoms with Crippen molar-refractivity contribution >= 4 is 27.5 Å². The minimum absolute atomic E-state index is 0.0666. The number of aromatic nitrogens is 1. The van der Waals surface area contributed by atoms with Gasteiger partial charge in [0.05, 0.1) is 5.92 Å². The van der Waals surface area contributed by atoms with E-state index in [-0.39, 0.29) is 11.3 Å². The van der Waals surface area contributed by atoms with Crippen LogP contribution in [0.4, 0.5) is 0 Å². The predicted octanol–water partition coefficient (Wildman–Crippen LogP) is 5.43. The van der Waals surface area contributed by atoms with Crippen LogP contribution >= 0.6 is 11.3 Å². The van der Waals surface area contributed by atoms with E-state index in [1.807, 2.05) is 11.3 Å². The Labute approximate surface area is 154 Å². The second-order valence-corrected chi connectivity index (χ2v) is 9.55. The summed E-state index contributed by atoms with van der Waals surface area (Å²) in [4.78, 5) is 18.8. The summed E-state index contributed by atoms with van der Waals surface area (Å²) in [5, 5.41) is 10.5. The molecule has 0 radical (unpaired) electrons. The summed E-state index contributed by atoms with van der Waals surface area (Å²) in [5.74, 6) is -0.975. The number of thiophene rings is 1. The molecule has 0 amide bonds. The molecular formula is C21H29NO2S. The number of carboxylic acids is 1. The van der Waals surface area contributed by atoms with Gasteiger partial charge in [-0.1, -0.05) is 27.7 Å². The van der Waals surface area contributed by atoms with Crippen molar-refractivity contribution in [3.63, 3.8) is 0 Å². The first-order chi connectivity index (χ1) is 11.7. The fraction of sp³-hybridized carbons (Fsp3) is 0.619. The highest BCUT2D eigenvalue weighted by molar-refractivity contribution is 7.18. The van der Waals surface area contributed by atoms with Gasteiger partial charge in [-0.15, -0.1) is 11.3 Å². The van der Waals surface area contributed by atoms with Crippen molar-refractivity contribution in [2.24, 2.45) is 5.92 Å². The van der Waals surface area contributed by atoms with E-state index >= 15 is 0 Å². The summed E-state index contributed by atoms with van der Waals surface area (Å²) in [7, 11) is 0. The zero-order valence-electron chi connectivity index (χ0n) is 16.0. The number of fused-ring (bicyclic) bond motifs is 3. The molecule has 0 aliphatic heterocycles. The maximum atomic E-state index is 11.1. The Hall–Kier alpha value is -1.42. The SMILES string of the molecule is Cc1nc2sc3c(c2c(C(C)(C)C)c1CCCC(C)C(=O)O)CCC3. The highest BCUT2D eigenvalue weighted by Crippen LogP contribution is 2.44. The van der Waals surface area contributed by atoms with Gasteiger partial charge in [-0.05, 0) is 67.6 Å². The van der Waals surface area contributed by atoms with Gasteiger partial charge in [0.2, 0.25) is 0 Å². The molecule has 2 aromatic rings. The Morgan fingerprint density at radius 3 is 2.68 bits per heavy atom. The van der Waals surface area contributed by atoms with E-state index in [1.165, 1.54) is 51.0 Å². The number of carbonyl (C=O) groups is 1. The van der Waals surface area contributed by atoms with Crippen LogP contribution in [0.1, 0.15) is 74.2 Å². The number of aliphatic carboxylic acids is 1. The Bertz CT molecular complexity index is 814. The molecule has 1 aliphatic rings. The Morgan fingerprint density at radius 2 is 2.04 bits per heavy atom. The lowest BCUT2D eigenvalue weighted by Crippen LogP contribution is -2.17. The summed E-state index contributed by atoms with van der Waals surface area (Å²) < 4.78 is 0. The van der Waals surface area contributed by atoms with E-state index < -0.39 is 5.97 Å². The zero-order valence-corrected chi connectivity index (χ0v) is 16.8. The van der Waals surface area contributed by atoms with Crippen molar-refractivity contribution in [1.29, 1.82) is 0 Å². The lowest BCUT2D eigenvalue weighted by Gasteiger charge is -2.26. The summed E-state index contributed by atoms with van der Waals surface area (Å²) in [6.45, 7) is 10.8. The van der Waals surface area contributed by atoms with Gasteiger partial charge in [-0.25, -0.2) is 4.98 Å². The topological polar surface area (TPSA) is 50.2 Å². The van der Waals surface area contributed by atoms with Crippen molar-refractivity contribution in [2.75, 3.05) is 0 Å². The molecule has 0 spiro atoms. The summed E-state index contributed by atoms with van der Waals surface area (Å²) in [6.07, 6.45) is 6.18. The van der Waals surface area contributed by atoms with Crippen LogP contribution in [0, 0.1) is 12.8 Å². The minimum atomic E-state index is -0.697. The molecular weight excluding hydrogens is 330 g/mol. The fourth-order valence-electron chi connectivity index (χ4n) is 4.12. The van der Waals surface area contributed by atoms with Crippen LogP contribution in [-0.4, -0.2) is 16.1 Å². The second-order valence-electron chi connectivity index (χ2n) is 8.47. The largest absolute Gasteiger partial charge is 0.481 e. The molecule has 1 N–H and O–H groups in total. The molecule has 1 aliphatic carbocycles. The normalized spacial score (nSPS) is 15.6. The van der Waals surface area contributed by atoms with Crippen LogP contribution in [-0.2, 0) is 29.5 Å². The third kappa shape index (κ3) is 3.46. The highest BCUT2D eigenvalue weighted by atomic mass is 32.1. The van der Waals surface area contributed by atoms with Crippen molar-refractivity contribution in [2.45, 2.75) is 78.6 Å². The molecule has 0 saturated heterocycles. The Kier molecular flexibility index (Phi) is 4.93. The Morgan fingerprint density at radius 1 is 1.32 bits per heavy atom. The van der Waals surface area contributed by atoms with E-state index in [0.29, 0.717) is 0 Å². The zero-order chi connectivity index (χ0) is 18.4. The fourth-order valence-corrected chi connectivity index (χ4v) is 5.44. The Balaban J connectivity index is 2.05. The van der Waals surface area contributed by atoms with Gasteiger partial charge in [0, 0.05) is 16.0 Å². The third-order valence-electron chi connectivity index (χ3n) is 5.40. The van der Waals surface area contributed by atoms with E-state index in [2.05, 4.69) is 27.7 Å². The van der Waals surface area contributed by atoms with Crippen LogP contribution < -0.4 is 0 Å². The standard InChI is InChI=1S/C21H29NO2S/c1-12(20(23)24)8-6-9-14-13(2)22-19-17(18(14)21(3,4)5)15-10-7-11-16(15)25-19/h12H,6-11H2,1-5H3,(H,23,24). The molecule has 0 aromatic carbocycles. The van der Waals surface area contributed by atoms with Gasteiger partial charge in [0.25, 0.3) is 0 Å². The van der Waals surface area contributed by atoms with E-state index in [0.717, 1.165) is 25.0 Å². The number of pyridine rings is 1. The number of nitrogens with zero attached hydrogens (tertiary/aromatic N) is 1. The highest BCUT2D eigenvalue weighted by Gasteiger charge is 2.29. The average molecular weight is 360 g/mol. The van der Waals surface area contributed by atoms with Crippen LogP contribution in [0.15, 0.2) is 0 Å². The second kappa shape index (κ2) is 6.71. The first kappa shape index (κ1) is 18.4. The minimum Gasteiger partial charge on any atom is -0.481 e. The van der Waals surface area contributed by atoms with E-state index in [9.17, 15) is 4.79 Å². The van der Waals surface area contributed by atoms with Crippen molar-refractivity contribution in [3.8, 4) is 0 Å². The molecule has 1 unspecified atom stereocenters. The molecule has 2 heterocycles. The van der Waals surface area contributed by atoms with Crippen molar-refractivity contribution < 1.29 is 9.90 Å². The van der Waals surface area contributed by atoms with Gasteiger partial charge in [-0.2, -0.15) is 0 Å². The molecule has 0 bridgehead atoms. The molecule has 4 heteroatoms. The first-order valence-corrected chi connectivity index (χ1v) is 10.2. The summed E-state index contributed by atoms with van der Waals surface area (Å²) >= 11 is 1.88. The molecule has 136 valence electrons. The number of rotatable bonds is 5. The van der Waals surface area contributed by atoms with E-state index in [4.69, 9.17) is 10.1 Å². The van der Waals surface area contributed by atoms with Gasteiger partial charge in [0.15, 0.2) is 0 Å². The molecule has 0 saturated carbocycles. The van der Waals surface area contributed by atoms with E-state index in [1.54, 1.807) is 6.92 Å². The van der Waals surface area contributed by atoms with Gasteiger partial charge >= 0.3 is 5.97 Å². The third-order valence-corrected chi connectivity index (χ3v) is 6.58. The molecule has 1 atom stereocenters. The number of hydrogen-bond donors (Lipinski definition) is 1. The summed E-state index contributed by atoms with van der Waals surface area (Å²) in [6, 6.07) is 0. The van der Waals surface area contributed by atoms with Gasteiger partial charge in [0.1, 0.15) is 4.83 Å². The predicted molar refractivity (Wildman–Crippen MR) is 105 cm³/mol. The van der Waals surface area contributed by atoms with Gasteiger partial charge in [-0.3, -0.25) is 4.79 Å². The monoisotopic (exact) mass is 359 g/mol. The van der Waals surface area contributed by atoms with Crippen molar-refractivity contribution in [1.82, 2.24) is 4.98 Å². The molecule has 3 nitrogen and oxygen atoms in total. The van der Waals surface area contributed by atoms with Gasteiger partial charge < -0.3 is 5.11 Å². The number of carboxylic acid groups (broad SMARTS) is 1. The smallest absolute Gasteiger partial charge is 0.306 e. The lowest BCUT2D eigenvalue weighted by molar-refractivity contribution is -0.141. The summed E-state index contributed by atoms with van der Waals surface area (Å²) in [5.41, 5.74) is 5.54. The maximum Gasteiger partial charge on any atom is 0.306 e. The van der Waals surface area contributed by atoms with Crippen LogP contribution in [0.25, 0.3) is 10.2 Å². The van der Waals surface area contributed by atoms with Crippen LogP contribution in [0.2, 0.25) is 0 Å². The quantitative estimate of drug-likeness (QED) is 0.774. The van der Waals surface area contributed by atoms with Crippen molar-refractivity contribution in [3.05, 3.63) is 27.3 Å². The number of aryl methyl sites for hydroxylation is 3. The lowest BCUT2D eigenvalue weighted by atomic mass is 9.79. The first-order valence-electron chi connectivity index (χ1n) is 9.37. The average Bonchev–Trinajstić information content (AvgIpc) is 3.06. The molecule has 0 fully saturated rings.